The van der Waals surface area contributed by atoms with Crippen LogP contribution in [0, 0.1) is 22.7 Å². The van der Waals surface area contributed by atoms with Crippen LogP contribution in [0.3, 0.4) is 0 Å². The van der Waals surface area contributed by atoms with E-state index in [1.807, 2.05) is 12.1 Å². The van der Waals surface area contributed by atoms with Crippen LogP contribution in [-0.2, 0) is 4.79 Å². The Morgan fingerprint density at radius 2 is 1.95 bits per heavy atom. The van der Waals surface area contributed by atoms with E-state index >= 15 is 0 Å². The van der Waals surface area contributed by atoms with Crippen molar-refractivity contribution in [1.29, 1.82) is 10.5 Å². The van der Waals surface area contributed by atoms with Crippen molar-refractivity contribution in [2.75, 3.05) is 5.43 Å². The summed E-state index contributed by atoms with van der Waals surface area (Å²) in [5.41, 5.74) is 7.18. The number of amides is 1. The van der Waals surface area contributed by atoms with Crippen molar-refractivity contribution < 1.29 is 4.79 Å². The first kappa shape index (κ1) is 13.2. The van der Waals surface area contributed by atoms with Gasteiger partial charge < -0.3 is 0 Å². The molecule has 0 saturated carbocycles. The lowest BCUT2D eigenvalue weighted by atomic mass is 10.0. The third-order valence-electron chi connectivity index (χ3n) is 2.63. The zero-order valence-electron chi connectivity index (χ0n) is 10.4. The molecule has 1 aromatic carbocycles. The molecule has 20 heavy (non-hydrogen) atoms. The summed E-state index contributed by atoms with van der Waals surface area (Å²) in [4.78, 5) is 11.0. The Morgan fingerprint density at radius 1 is 1.25 bits per heavy atom. The molecule has 0 atom stereocenters. The van der Waals surface area contributed by atoms with Gasteiger partial charge in [0.2, 0.25) is 11.6 Å². The van der Waals surface area contributed by atoms with E-state index in [4.69, 9.17) is 10.5 Å². The predicted octanol–water partition coefficient (Wildman–Crippen LogP) is 1.12. The normalized spacial score (nSPS) is 13.3. The zero-order chi connectivity index (χ0) is 14.4. The van der Waals surface area contributed by atoms with Crippen molar-refractivity contribution in [2.24, 2.45) is 10.2 Å². The molecular formula is C13H10N6O. The van der Waals surface area contributed by atoms with Gasteiger partial charge >= 0.3 is 0 Å². The first-order valence-corrected chi connectivity index (χ1v) is 5.82. The lowest BCUT2D eigenvalue weighted by molar-refractivity contribution is -0.121. The molecule has 98 valence electrons. The molecular weight excluding hydrogens is 256 g/mol. The van der Waals surface area contributed by atoms with Crippen molar-refractivity contribution in [1.82, 2.24) is 5.43 Å². The van der Waals surface area contributed by atoms with Crippen LogP contribution in [0.1, 0.15) is 18.4 Å². The summed E-state index contributed by atoms with van der Waals surface area (Å²) in [6.45, 7) is 0. The van der Waals surface area contributed by atoms with Gasteiger partial charge in [0, 0.05) is 12.8 Å². The third-order valence-corrected chi connectivity index (χ3v) is 2.63. The molecule has 0 unspecified atom stereocenters. The van der Waals surface area contributed by atoms with E-state index in [0.717, 1.165) is 11.3 Å². The smallest absolute Gasteiger partial charge is 0.240 e. The number of hydrazone groups is 2. The predicted molar refractivity (Wildman–Crippen MR) is 72.6 cm³/mol. The van der Waals surface area contributed by atoms with Crippen LogP contribution in [0.5, 0.6) is 0 Å². The molecule has 0 bridgehead atoms. The van der Waals surface area contributed by atoms with Gasteiger partial charge in [-0.1, -0.05) is 12.1 Å². The third kappa shape index (κ3) is 3.18. The van der Waals surface area contributed by atoms with Crippen LogP contribution < -0.4 is 10.9 Å². The van der Waals surface area contributed by atoms with E-state index in [2.05, 4.69) is 21.1 Å². The first-order valence-electron chi connectivity index (χ1n) is 5.82. The topological polar surface area (TPSA) is 113 Å². The minimum atomic E-state index is -0.242. The average molecular weight is 266 g/mol. The number of hydrogen-bond donors (Lipinski definition) is 2. The maximum Gasteiger partial charge on any atom is 0.240 e. The van der Waals surface area contributed by atoms with Gasteiger partial charge in [-0.05, 0) is 17.7 Å². The molecule has 2 rings (SSSR count). The summed E-state index contributed by atoms with van der Waals surface area (Å²) in [7, 11) is 0. The second-order valence-corrected chi connectivity index (χ2v) is 3.97. The summed E-state index contributed by atoms with van der Waals surface area (Å²) in [5, 5.41) is 24.7. The summed E-state index contributed by atoms with van der Waals surface area (Å²) >= 11 is 0. The molecule has 7 nitrogen and oxygen atoms in total. The fourth-order valence-corrected chi connectivity index (χ4v) is 1.62. The molecule has 0 aromatic heterocycles. The fraction of sp³-hybridized carbons (Fsp3) is 0.154. The number of nitrogens with zero attached hydrogens (tertiary/aromatic N) is 4. The maximum absolute atomic E-state index is 11.0. The summed E-state index contributed by atoms with van der Waals surface area (Å²) in [5.74, 6) is -0.0816. The number of nitrogens with one attached hydrogen (secondary N) is 2. The van der Waals surface area contributed by atoms with Crippen LogP contribution >= 0.6 is 0 Å². The Bertz CT molecular complexity index is 644. The van der Waals surface area contributed by atoms with Gasteiger partial charge in [-0.3, -0.25) is 10.2 Å². The number of hydrogen-bond acceptors (Lipinski definition) is 6. The van der Waals surface area contributed by atoms with Gasteiger partial charge in [0.25, 0.3) is 0 Å². The van der Waals surface area contributed by atoms with Gasteiger partial charge in [0.1, 0.15) is 12.1 Å². The van der Waals surface area contributed by atoms with E-state index in [-0.39, 0.29) is 11.6 Å². The molecule has 1 aliphatic heterocycles. The van der Waals surface area contributed by atoms with Crippen molar-refractivity contribution in [3.8, 4) is 12.1 Å². The largest absolute Gasteiger partial charge is 0.277 e. The molecule has 0 fully saturated rings. The van der Waals surface area contributed by atoms with Gasteiger partial charge in [0.05, 0.1) is 11.4 Å². The Morgan fingerprint density at radius 3 is 2.50 bits per heavy atom. The molecule has 0 aliphatic carbocycles. The Hall–Kier alpha value is -3.19. The van der Waals surface area contributed by atoms with Crippen LogP contribution in [0.25, 0.3) is 0 Å². The van der Waals surface area contributed by atoms with Crippen molar-refractivity contribution in [3.05, 3.63) is 29.8 Å². The van der Waals surface area contributed by atoms with E-state index in [1.165, 1.54) is 0 Å². The van der Waals surface area contributed by atoms with Gasteiger partial charge in [-0.15, -0.1) is 0 Å². The maximum atomic E-state index is 11.0. The summed E-state index contributed by atoms with van der Waals surface area (Å²) in [6, 6.07) is 10.5. The molecule has 1 aliphatic rings. The van der Waals surface area contributed by atoms with Crippen LogP contribution in [0.2, 0.25) is 0 Å². The lowest BCUT2D eigenvalue weighted by Gasteiger charge is -2.12. The van der Waals surface area contributed by atoms with Gasteiger partial charge in [-0.2, -0.15) is 20.7 Å². The highest BCUT2D eigenvalue weighted by atomic mass is 16.2. The monoisotopic (exact) mass is 266 g/mol. The quantitative estimate of drug-likeness (QED) is 0.630. The summed E-state index contributed by atoms with van der Waals surface area (Å²) < 4.78 is 0. The van der Waals surface area contributed by atoms with Crippen LogP contribution in [0.15, 0.2) is 34.5 Å². The molecule has 1 amide bonds. The highest BCUT2D eigenvalue weighted by molar-refractivity contribution is 6.10. The number of carbonyl (C=O) groups excluding carboxylic acids is 1. The average Bonchev–Trinajstić information content (AvgIpc) is 2.50. The lowest BCUT2D eigenvalue weighted by Crippen LogP contribution is -2.25. The minimum absolute atomic E-state index is 0.0816. The van der Waals surface area contributed by atoms with E-state index in [9.17, 15) is 4.79 Å². The number of carbonyl (C=O) groups is 1. The van der Waals surface area contributed by atoms with Gasteiger partial charge in [0.15, 0.2) is 0 Å². The highest BCUT2D eigenvalue weighted by Crippen LogP contribution is 2.14. The molecule has 7 heteroatoms. The molecule has 0 spiro atoms. The number of rotatable bonds is 3. The fourth-order valence-electron chi connectivity index (χ4n) is 1.62. The highest BCUT2D eigenvalue weighted by Gasteiger charge is 2.12. The van der Waals surface area contributed by atoms with E-state index in [1.54, 1.807) is 24.3 Å². The van der Waals surface area contributed by atoms with Crippen LogP contribution in [0.4, 0.5) is 5.69 Å². The van der Waals surface area contributed by atoms with Gasteiger partial charge in [-0.25, -0.2) is 5.43 Å². The second kappa shape index (κ2) is 6.12. The molecule has 0 radical (unpaired) electrons. The van der Waals surface area contributed by atoms with Crippen molar-refractivity contribution >= 4 is 23.0 Å². The molecule has 0 saturated heterocycles. The molecule has 1 heterocycles. The second-order valence-electron chi connectivity index (χ2n) is 3.97. The van der Waals surface area contributed by atoms with E-state index < -0.39 is 0 Å². The SMILES string of the molecule is N#CC(C#N)=NNc1ccc(C2=NNC(=O)CC2)cc1. The molecule has 1 aromatic rings. The van der Waals surface area contributed by atoms with E-state index in [0.29, 0.717) is 18.5 Å². The number of nitriles is 2. The van der Waals surface area contributed by atoms with Crippen molar-refractivity contribution in [2.45, 2.75) is 12.8 Å². The van der Waals surface area contributed by atoms with Crippen LogP contribution in [-0.4, -0.2) is 17.3 Å². The van der Waals surface area contributed by atoms with Crippen molar-refractivity contribution in [3.63, 3.8) is 0 Å². The number of benzene rings is 1. The Labute approximate surface area is 115 Å². The summed E-state index contributed by atoms with van der Waals surface area (Å²) in [6.07, 6.45) is 1.03. The Kier molecular flexibility index (Phi) is 4.05. The molecule has 2 N–H and O–H groups in total. The first-order chi connectivity index (χ1) is 9.72. The zero-order valence-corrected chi connectivity index (χ0v) is 10.4. The minimum Gasteiger partial charge on any atom is -0.277 e. The Balaban J connectivity index is 2.08. The standard InChI is InChI=1S/C13H10N6O/c14-7-11(8-15)17-16-10-3-1-9(2-4-10)12-5-6-13(20)19-18-12/h1-4,16H,5-6H2,(H,19,20). The number of anilines is 1.